The minimum absolute atomic E-state index is 0.0506. The van der Waals surface area contributed by atoms with Gasteiger partial charge in [0.1, 0.15) is 23.2 Å². The summed E-state index contributed by atoms with van der Waals surface area (Å²) in [5, 5.41) is 18.7. The summed E-state index contributed by atoms with van der Waals surface area (Å²) in [6.45, 7) is 1.60. The maximum atomic E-state index is 13.7. The zero-order valence-electron chi connectivity index (χ0n) is 13.5. The van der Waals surface area contributed by atoms with Crippen molar-refractivity contribution in [3.05, 3.63) is 74.8 Å². The molecule has 128 valence electrons. The van der Waals surface area contributed by atoms with Crippen molar-refractivity contribution in [3.8, 4) is 11.8 Å². The standard InChI is InChI=1S/C18H16FN3O3/c1-10-7-14-16(18(24)22(10)5-6-23)15(13(9-20)17(21)25-14)11-3-2-4-12(19)8-11/h2-4,7-8,15,23H,5-6,21H2,1H3/t15-/m1/s1. The van der Waals surface area contributed by atoms with Crippen molar-refractivity contribution in [1.29, 1.82) is 5.26 Å². The number of hydrogen-bond donors (Lipinski definition) is 2. The Morgan fingerprint density at radius 2 is 2.20 bits per heavy atom. The third-order valence-corrected chi connectivity index (χ3v) is 4.20. The molecule has 3 N–H and O–H groups in total. The summed E-state index contributed by atoms with van der Waals surface area (Å²) in [5.41, 5.74) is 6.73. The van der Waals surface area contributed by atoms with E-state index in [1.165, 1.54) is 22.8 Å². The predicted octanol–water partition coefficient (Wildman–Crippen LogP) is 1.51. The molecule has 1 aliphatic rings. The first kappa shape index (κ1) is 16.7. The number of nitriles is 1. The SMILES string of the molecule is Cc1cc2c(c(=O)n1CCO)[C@H](c1cccc(F)c1)C(C#N)=C(N)O2. The number of aryl methyl sites for hydroxylation is 1. The van der Waals surface area contributed by atoms with Crippen LogP contribution in [-0.4, -0.2) is 16.3 Å². The molecular weight excluding hydrogens is 325 g/mol. The van der Waals surface area contributed by atoms with Crippen molar-refractivity contribution in [3.63, 3.8) is 0 Å². The van der Waals surface area contributed by atoms with E-state index in [1.54, 1.807) is 19.1 Å². The lowest BCUT2D eigenvalue weighted by Gasteiger charge is -2.27. The molecule has 1 atom stereocenters. The molecule has 1 aliphatic heterocycles. The van der Waals surface area contributed by atoms with Gasteiger partial charge in [0.15, 0.2) is 0 Å². The van der Waals surface area contributed by atoms with E-state index in [4.69, 9.17) is 10.5 Å². The summed E-state index contributed by atoms with van der Waals surface area (Å²) in [7, 11) is 0. The first-order valence-corrected chi connectivity index (χ1v) is 7.66. The molecule has 0 saturated heterocycles. The molecule has 0 aliphatic carbocycles. The number of aromatic nitrogens is 1. The number of nitrogens with zero attached hydrogens (tertiary/aromatic N) is 2. The highest BCUT2D eigenvalue weighted by Gasteiger charge is 2.34. The number of pyridine rings is 1. The predicted molar refractivity (Wildman–Crippen MR) is 88.2 cm³/mol. The van der Waals surface area contributed by atoms with Gasteiger partial charge in [-0.2, -0.15) is 5.26 Å². The van der Waals surface area contributed by atoms with Crippen LogP contribution in [-0.2, 0) is 6.54 Å². The number of aliphatic hydroxyl groups is 1. The van der Waals surface area contributed by atoms with Crippen LogP contribution in [0.5, 0.6) is 5.75 Å². The van der Waals surface area contributed by atoms with Gasteiger partial charge in [-0.1, -0.05) is 12.1 Å². The normalized spacial score (nSPS) is 16.2. The Kier molecular flexibility index (Phi) is 4.30. The van der Waals surface area contributed by atoms with Gasteiger partial charge >= 0.3 is 0 Å². The number of fused-ring (bicyclic) bond motifs is 1. The van der Waals surface area contributed by atoms with Crippen LogP contribution in [0.15, 0.2) is 46.6 Å². The molecule has 6 nitrogen and oxygen atoms in total. The zero-order chi connectivity index (χ0) is 18.1. The summed E-state index contributed by atoms with van der Waals surface area (Å²) in [6.07, 6.45) is 0. The third kappa shape index (κ3) is 2.77. The summed E-state index contributed by atoms with van der Waals surface area (Å²) < 4.78 is 20.6. The van der Waals surface area contributed by atoms with E-state index >= 15 is 0 Å². The molecule has 7 heteroatoms. The van der Waals surface area contributed by atoms with Crippen LogP contribution < -0.4 is 16.0 Å². The highest BCUT2D eigenvalue weighted by molar-refractivity contribution is 5.55. The molecule has 0 radical (unpaired) electrons. The average Bonchev–Trinajstić information content (AvgIpc) is 2.57. The van der Waals surface area contributed by atoms with Crippen LogP contribution >= 0.6 is 0 Å². The maximum absolute atomic E-state index is 13.7. The van der Waals surface area contributed by atoms with Crippen molar-refractivity contribution in [2.45, 2.75) is 19.4 Å². The van der Waals surface area contributed by atoms with Gasteiger partial charge < -0.3 is 20.1 Å². The van der Waals surface area contributed by atoms with E-state index in [0.717, 1.165) is 0 Å². The fourth-order valence-corrected chi connectivity index (χ4v) is 3.08. The lowest BCUT2D eigenvalue weighted by molar-refractivity contribution is 0.272. The van der Waals surface area contributed by atoms with E-state index in [-0.39, 0.29) is 35.9 Å². The van der Waals surface area contributed by atoms with Gasteiger partial charge in [0, 0.05) is 18.3 Å². The fourth-order valence-electron chi connectivity index (χ4n) is 3.08. The smallest absolute Gasteiger partial charge is 0.258 e. The van der Waals surface area contributed by atoms with E-state index in [0.29, 0.717) is 11.3 Å². The Morgan fingerprint density at radius 1 is 1.44 bits per heavy atom. The van der Waals surface area contributed by atoms with E-state index in [1.807, 2.05) is 6.07 Å². The maximum Gasteiger partial charge on any atom is 0.258 e. The Labute approximate surface area is 143 Å². The van der Waals surface area contributed by atoms with Crippen molar-refractivity contribution in [2.24, 2.45) is 5.73 Å². The molecular formula is C18H16FN3O3. The number of ether oxygens (including phenoxy) is 1. The molecule has 1 aromatic carbocycles. The summed E-state index contributed by atoms with van der Waals surface area (Å²) in [6, 6.07) is 9.27. The molecule has 1 aromatic heterocycles. The number of allylic oxidation sites excluding steroid dienone is 1. The van der Waals surface area contributed by atoms with Gasteiger partial charge in [-0.05, 0) is 24.6 Å². The number of halogens is 1. The lowest BCUT2D eigenvalue weighted by atomic mass is 9.84. The molecule has 0 bridgehead atoms. The number of nitrogens with two attached hydrogens (primary N) is 1. The Bertz CT molecular complexity index is 973. The molecule has 0 amide bonds. The topological polar surface area (TPSA) is 101 Å². The third-order valence-electron chi connectivity index (χ3n) is 4.20. The highest BCUT2D eigenvalue weighted by atomic mass is 19.1. The second kappa shape index (κ2) is 6.42. The minimum Gasteiger partial charge on any atom is -0.440 e. The number of rotatable bonds is 3. The Morgan fingerprint density at radius 3 is 2.84 bits per heavy atom. The molecule has 0 spiro atoms. The first-order valence-electron chi connectivity index (χ1n) is 7.66. The van der Waals surface area contributed by atoms with Gasteiger partial charge in [0.25, 0.3) is 5.56 Å². The van der Waals surface area contributed by atoms with Gasteiger partial charge in [0.2, 0.25) is 5.88 Å². The molecule has 2 aromatic rings. The average molecular weight is 341 g/mol. The monoisotopic (exact) mass is 341 g/mol. The molecule has 25 heavy (non-hydrogen) atoms. The largest absolute Gasteiger partial charge is 0.440 e. The summed E-state index contributed by atoms with van der Waals surface area (Å²) >= 11 is 0. The molecule has 3 rings (SSSR count). The molecule has 0 fully saturated rings. The first-order chi connectivity index (χ1) is 12.0. The van der Waals surface area contributed by atoms with E-state index in [9.17, 15) is 19.6 Å². The van der Waals surface area contributed by atoms with Crippen LogP contribution in [0.25, 0.3) is 0 Å². The Balaban J connectivity index is 2.33. The lowest BCUT2D eigenvalue weighted by Crippen LogP contribution is -2.33. The molecule has 2 heterocycles. The Hall–Kier alpha value is -3.11. The van der Waals surface area contributed by atoms with E-state index in [2.05, 4.69) is 0 Å². The van der Waals surface area contributed by atoms with Crippen LogP contribution in [0.3, 0.4) is 0 Å². The fraction of sp³-hybridized carbons (Fsp3) is 0.222. The van der Waals surface area contributed by atoms with Crippen molar-refractivity contribution in [1.82, 2.24) is 4.57 Å². The second-order valence-electron chi connectivity index (χ2n) is 5.72. The van der Waals surface area contributed by atoms with Crippen LogP contribution in [0.2, 0.25) is 0 Å². The highest BCUT2D eigenvalue weighted by Crippen LogP contribution is 2.40. The van der Waals surface area contributed by atoms with Crippen LogP contribution in [0, 0.1) is 24.1 Å². The number of aliphatic hydroxyl groups excluding tert-OH is 1. The molecule has 0 saturated carbocycles. The quantitative estimate of drug-likeness (QED) is 0.881. The van der Waals surface area contributed by atoms with Gasteiger partial charge in [-0.15, -0.1) is 0 Å². The second-order valence-corrected chi connectivity index (χ2v) is 5.72. The van der Waals surface area contributed by atoms with Gasteiger partial charge in [-0.3, -0.25) is 4.79 Å². The number of benzene rings is 1. The molecule has 0 unspecified atom stereocenters. The van der Waals surface area contributed by atoms with Gasteiger partial charge in [-0.25, -0.2) is 4.39 Å². The van der Waals surface area contributed by atoms with Crippen LogP contribution in [0.4, 0.5) is 4.39 Å². The van der Waals surface area contributed by atoms with Crippen molar-refractivity contribution >= 4 is 0 Å². The summed E-state index contributed by atoms with van der Waals surface area (Å²) in [5.74, 6) is -1.18. The summed E-state index contributed by atoms with van der Waals surface area (Å²) in [4.78, 5) is 13.0. The minimum atomic E-state index is -0.831. The van der Waals surface area contributed by atoms with Gasteiger partial charge in [0.05, 0.1) is 18.1 Å². The van der Waals surface area contributed by atoms with Crippen molar-refractivity contribution < 1.29 is 14.2 Å². The zero-order valence-corrected chi connectivity index (χ0v) is 13.5. The van der Waals surface area contributed by atoms with Crippen molar-refractivity contribution in [2.75, 3.05) is 6.61 Å². The van der Waals surface area contributed by atoms with Crippen LogP contribution in [0.1, 0.15) is 22.7 Å². The number of hydrogen-bond acceptors (Lipinski definition) is 5. The van der Waals surface area contributed by atoms with E-state index < -0.39 is 17.3 Å².